The van der Waals surface area contributed by atoms with Gasteiger partial charge in [-0.25, -0.2) is 0 Å². The molecule has 1 rings (SSSR count). The Kier molecular flexibility index (Phi) is 6.32. The lowest BCUT2D eigenvalue weighted by molar-refractivity contribution is 0.325. The van der Waals surface area contributed by atoms with Crippen LogP contribution in [0.2, 0.25) is 6.04 Å². The first kappa shape index (κ1) is 10.7. The van der Waals surface area contributed by atoms with Crippen LogP contribution in [0.1, 0.15) is 6.42 Å². The molecule has 0 aliphatic carbocycles. The van der Waals surface area contributed by atoms with Crippen molar-refractivity contribution in [3.63, 3.8) is 0 Å². The Morgan fingerprint density at radius 3 is 2.33 bits per heavy atom. The molecule has 0 aromatic rings. The molecule has 1 saturated heterocycles. The average molecular weight is 244 g/mol. The van der Waals surface area contributed by atoms with E-state index in [4.69, 9.17) is 16.5 Å². The van der Waals surface area contributed by atoms with Crippen molar-refractivity contribution in [2.45, 2.75) is 12.5 Å². The first-order valence-corrected chi connectivity index (χ1v) is 9.10. The molecule has 0 bridgehead atoms. The maximum absolute atomic E-state index is 11.8. The zero-order valence-electron chi connectivity index (χ0n) is 6.83. The van der Waals surface area contributed by atoms with E-state index in [0.717, 1.165) is 6.04 Å². The molecule has 0 saturated carbocycles. The van der Waals surface area contributed by atoms with Crippen molar-refractivity contribution in [1.29, 1.82) is 0 Å². The van der Waals surface area contributed by atoms with Crippen molar-refractivity contribution in [2.24, 2.45) is 0 Å². The van der Waals surface area contributed by atoms with E-state index in [-0.39, 0.29) is 6.67 Å². The monoisotopic (exact) mass is 244 g/mol. The quantitative estimate of drug-likeness (QED) is 0.521. The third-order valence-corrected chi connectivity index (χ3v) is 9.02. The van der Waals surface area contributed by atoms with Crippen molar-refractivity contribution in [2.75, 3.05) is 6.67 Å². The number of rotatable bonds is 3. The highest BCUT2D eigenvalue weighted by molar-refractivity contribution is 6.59. The minimum Gasteiger partial charge on any atom is -0.425 e. The van der Waals surface area contributed by atoms with Crippen molar-refractivity contribution < 1.29 is 20.9 Å². The van der Waals surface area contributed by atoms with Gasteiger partial charge in [-0.3, -0.25) is 4.39 Å². The molecule has 1 aliphatic heterocycles. The van der Waals surface area contributed by atoms with Crippen molar-refractivity contribution in [3.8, 4) is 0 Å². The summed E-state index contributed by atoms with van der Waals surface area (Å²) >= 11 is 0. The molecule has 0 spiro atoms. The lowest BCUT2D eigenvalue weighted by atomic mass is 10.6. The Hall–Kier alpha value is 0.638. The fourth-order valence-electron chi connectivity index (χ4n) is 0.834. The summed E-state index contributed by atoms with van der Waals surface area (Å²) < 4.78 is 33.1. The molecule has 1 aliphatic rings. The van der Waals surface area contributed by atoms with Gasteiger partial charge >= 0.3 is 9.28 Å². The minimum absolute atomic E-state index is 0.282. The van der Waals surface area contributed by atoms with Gasteiger partial charge in [0.05, 0.1) is 6.67 Å². The fraction of sp³-hybridized carbons (Fsp3) is 1.00. The Labute approximate surface area is 79.8 Å². The number of halogens is 1. The van der Waals surface area contributed by atoms with E-state index in [1.54, 1.807) is 0 Å². The molecule has 72 valence electrons. The summed E-state index contributed by atoms with van der Waals surface area (Å²) in [7, 11) is -4.03. The van der Waals surface area contributed by atoms with Crippen molar-refractivity contribution in [1.82, 2.24) is 0 Å². The Bertz CT molecular complexity index is 108. The third kappa shape index (κ3) is 4.61. The van der Waals surface area contributed by atoms with Crippen LogP contribution in [-0.2, 0) is 16.5 Å². The van der Waals surface area contributed by atoms with Gasteiger partial charge in [-0.2, -0.15) is 0 Å². The predicted molar refractivity (Wildman–Crippen MR) is 52.5 cm³/mol. The summed E-state index contributed by atoms with van der Waals surface area (Å²) in [5.74, 6) is 0. The fourth-order valence-corrected chi connectivity index (χ4v) is 9.70. The molecule has 0 N–H and O–H groups in total. The van der Waals surface area contributed by atoms with Crippen LogP contribution in [0.3, 0.4) is 0 Å². The van der Waals surface area contributed by atoms with Crippen LogP contribution in [0.5, 0.6) is 0 Å². The second-order valence-electron chi connectivity index (χ2n) is 2.36. The second-order valence-corrected chi connectivity index (χ2v) is 10.4. The normalized spacial score (nSPS) is 32.2. The van der Waals surface area contributed by atoms with E-state index in [1.165, 1.54) is 0 Å². The molecular formula is C3H13FO4Si4. The standard InChI is InChI=1S/C3H13FO4Si4/c4-2-1-3-12-7-10-5-9-6-11-8-12/h12H,1-3,9-11H2. The topological polar surface area (TPSA) is 36.9 Å². The van der Waals surface area contributed by atoms with E-state index in [2.05, 4.69) is 0 Å². The van der Waals surface area contributed by atoms with Gasteiger partial charge in [0.25, 0.3) is 30.0 Å². The first-order valence-electron chi connectivity index (χ1n) is 3.88. The highest BCUT2D eigenvalue weighted by Crippen LogP contribution is 2.02. The molecule has 12 heavy (non-hydrogen) atoms. The lowest BCUT2D eigenvalue weighted by Crippen LogP contribution is -2.33. The molecule has 1 heterocycles. The summed E-state index contributed by atoms with van der Waals surface area (Å²) in [5.41, 5.74) is 0. The minimum atomic E-state index is -1.56. The van der Waals surface area contributed by atoms with Gasteiger partial charge in [-0.15, -0.1) is 0 Å². The van der Waals surface area contributed by atoms with E-state index in [0.29, 0.717) is 6.42 Å². The first-order chi connectivity index (χ1) is 5.93. The molecule has 9 heteroatoms. The molecule has 0 amide bonds. The highest BCUT2D eigenvalue weighted by atomic mass is 28.4. The molecule has 0 atom stereocenters. The summed E-state index contributed by atoms with van der Waals surface area (Å²) in [5, 5.41) is 0. The Balaban J connectivity index is 2.11. The molecule has 1 fully saturated rings. The van der Waals surface area contributed by atoms with E-state index >= 15 is 0 Å². The SMILES string of the molecule is FCCC[SiH]1O[SiH2]O[SiH2]O[SiH2]O1. The summed E-state index contributed by atoms with van der Waals surface area (Å²) in [6.07, 6.45) is 0.553. The summed E-state index contributed by atoms with van der Waals surface area (Å²) in [6, 6.07) is 0.755. The maximum Gasteiger partial charge on any atom is 0.303 e. The van der Waals surface area contributed by atoms with Gasteiger partial charge in [0.2, 0.25) is 0 Å². The molecule has 0 radical (unpaired) electrons. The van der Waals surface area contributed by atoms with Crippen LogP contribution in [0, 0.1) is 0 Å². The third-order valence-electron chi connectivity index (χ3n) is 1.41. The van der Waals surface area contributed by atoms with Gasteiger partial charge in [0, 0.05) is 0 Å². The molecular weight excluding hydrogens is 231 g/mol. The molecule has 0 unspecified atom stereocenters. The summed E-state index contributed by atoms with van der Waals surface area (Å²) in [4.78, 5) is 0. The molecule has 0 aromatic heterocycles. The van der Waals surface area contributed by atoms with Gasteiger partial charge in [0.15, 0.2) is 0 Å². The molecule has 4 nitrogen and oxygen atoms in total. The Morgan fingerprint density at radius 2 is 1.75 bits per heavy atom. The zero-order chi connectivity index (χ0) is 8.65. The van der Waals surface area contributed by atoms with Crippen LogP contribution in [0.4, 0.5) is 4.39 Å². The van der Waals surface area contributed by atoms with Crippen molar-refractivity contribution in [3.05, 3.63) is 0 Å². The van der Waals surface area contributed by atoms with Crippen LogP contribution in [-0.4, -0.2) is 46.0 Å². The van der Waals surface area contributed by atoms with Crippen LogP contribution in [0.15, 0.2) is 0 Å². The zero-order valence-corrected chi connectivity index (χ0v) is 12.2. The molecule has 0 aromatic carbocycles. The van der Waals surface area contributed by atoms with Crippen LogP contribution < -0.4 is 0 Å². The lowest BCUT2D eigenvalue weighted by Gasteiger charge is -2.19. The predicted octanol–water partition coefficient (Wildman–Crippen LogP) is -2.36. The largest absolute Gasteiger partial charge is 0.425 e. The van der Waals surface area contributed by atoms with Gasteiger partial charge in [-0.1, -0.05) is 0 Å². The van der Waals surface area contributed by atoms with Crippen LogP contribution >= 0.6 is 0 Å². The van der Waals surface area contributed by atoms with E-state index in [9.17, 15) is 4.39 Å². The number of alkyl halides is 1. The summed E-state index contributed by atoms with van der Waals surface area (Å²) in [6.45, 7) is -0.282. The van der Waals surface area contributed by atoms with Crippen molar-refractivity contribution >= 4 is 39.3 Å². The maximum atomic E-state index is 11.8. The Morgan fingerprint density at radius 1 is 1.08 bits per heavy atom. The van der Waals surface area contributed by atoms with Crippen LogP contribution in [0.25, 0.3) is 0 Å². The van der Waals surface area contributed by atoms with Gasteiger partial charge in [0.1, 0.15) is 0 Å². The van der Waals surface area contributed by atoms with Gasteiger partial charge in [-0.05, 0) is 12.5 Å². The van der Waals surface area contributed by atoms with E-state index in [1.807, 2.05) is 0 Å². The second kappa shape index (κ2) is 7.08. The average Bonchev–Trinajstić information content (AvgIpc) is 2.02. The smallest absolute Gasteiger partial charge is 0.303 e. The van der Waals surface area contributed by atoms with Gasteiger partial charge < -0.3 is 16.5 Å². The number of hydrogen-bond acceptors (Lipinski definition) is 4. The highest BCUT2D eigenvalue weighted by Gasteiger charge is 2.14. The van der Waals surface area contributed by atoms with E-state index < -0.39 is 39.3 Å². The number of hydrogen-bond donors (Lipinski definition) is 0.